The summed E-state index contributed by atoms with van der Waals surface area (Å²) in [6.07, 6.45) is 7.04. The van der Waals surface area contributed by atoms with Crippen molar-refractivity contribution in [1.82, 2.24) is 40.2 Å². The molecule has 13 nitrogen and oxygen atoms in total. The van der Waals surface area contributed by atoms with Crippen LogP contribution in [0.2, 0.25) is 0 Å². The number of pyridine rings is 3. The molecule has 2 aliphatic rings. The van der Waals surface area contributed by atoms with Crippen molar-refractivity contribution in [2.24, 2.45) is 11.8 Å². The first-order valence-corrected chi connectivity index (χ1v) is 18.8. The summed E-state index contributed by atoms with van der Waals surface area (Å²) in [5.41, 5.74) is 6.62. The number of nitrogens with zero attached hydrogens (tertiary/aromatic N) is 6. The molecule has 1 amide bonds. The average Bonchev–Trinajstić information content (AvgIpc) is 3.74. The van der Waals surface area contributed by atoms with Crippen LogP contribution in [0, 0.1) is 38.4 Å². The van der Waals surface area contributed by atoms with Crippen LogP contribution in [0.4, 0.5) is 4.39 Å². The monoisotopic (exact) mass is 816 g/mol. The summed E-state index contributed by atoms with van der Waals surface area (Å²) >= 11 is 3.39. The molecule has 0 radical (unpaired) electrons. The minimum Gasteiger partial charge on any atom is -0.469 e. The van der Waals surface area contributed by atoms with Gasteiger partial charge in [-0.1, -0.05) is 6.07 Å². The van der Waals surface area contributed by atoms with Crippen molar-refractivity contribution in [3.8, 4) is 5.82 Å². The summed E-state index contributed by atoms with van der Waals surface area (Å²) in [5, 5.41) is 14.3. The molecule has 2 fully saturated rings. The molecule has 1 atom stereocenters. The summed E-state index contributed by atoms with van der Waals surface area (Å²) in [6.45, 7) is 7.94. The van der Waals surface area contributed by atoms with E-state index >= 15 is 0 Å². The van der Waals surface area contributed by atoms with Gasteiger partial charge in [0.25, 0.3) is 0 Å². The van der Waals surface area contributed by atoms with Crippen LogP contribution in [-0.4, -0.2) is 68.1 Å². The van der Waals surface area contributed by atoms with Gasteiger partial charge in [0.2, 0.25) is 5.91 Å². The van der Waals surface area contributed by atoms with Crippen LogP contribution in [0.25, 0.3) is 5.82 Å². The fourth-order valence-electron chi connectivity index (χ4n) is 7.25. The van der Waals surface area contributed by atoms with E-state index in [2.05, 4.69) is 52.6 Å². The van der Waals surface area contributed by atoms with E-state index in [1.165, 1.54) is 18.0 Å². The number of nitrogens with one attached hydrogen (secondary N) is 2. The number of carbonyl (C=O) groups is 2. The van der Waals surface area contributed by atoms with Crippen molar-refractivity contribution >= 4 is 27.8 Å². The first kappa shape index (κ1) is 39.8. The molecule has 2 N–H and O–H groups in total. The van der Waals surface area contributed by atoms with Crippen molar-refractivity contribution < 1.29 is 28.2 Å². The fraction of sp³-hybridized carbons (Fsp3) is 0.425. The molecule has 5 aromatic rings. The molecule has 5 heterocycles. The number of rotatable bonds is 11. The van der Waals surface area contributed by atoms with Gasteiger partial charge in [0.1, 0.15) is 15.8 Å². The zero-order valence-electron chi connectivity index (χ0n) is 32.0. The molecule has 2 saturated carbocycles. The summed E-state index contributed by atoms with van der Waals surface area (Å²) < 4.78 is 31.7. The lowest BCUT2D eigenvalue weighted by Gasteiger charge is -2.45. The van der Waals surface area contributed by atoms with Crippen molar-refractivity contribution in [3.05, 3.63) is 117 Å². The van der Waals surface area contributed by atoms with E-state index in [0.29, 0.717) is 37.9 Å². The highest BCUT2D eigenvalue weighted by molar-refractivity contribution is 9.10. The predicted octanol–water partition coefficient (Wildman–Crippen LogP) is 6.44. The number of ether oxygens (including phenoxy) is 3. The number of methoxy groups -OCH3 is 3. The minimum atomic E-state index is -0.588. The van der Waals surface area contributed by atoms with E-state index in [-0.39, 0.29) is 29.8 Å². The van der Waals surface area contributed by atoms with Gasteiger partial charge in [-0.25, -0.2) is 19.0 Å². The SMILES string of the molecule is COC(=O)C1CC(OC)(c2cc(C)cc(Br)n2)C1.COC1(c2cc(C)cc(Cc3cc(C)[nH]n3)n2)CC(C(=O)N[C@@H](C)c2ccc(-n3cc(F)cn3)nc2)C1. The fourth-order valence-corrected chi connectivity index (χ4v) is 7.81. The van der Waals surface area contributed by atoms with E-state index in [9.17, 15) is 14.0 Å². The van der Waals surface area contributed by atoms with Gasteiger partial charge in [0, 0.05) is 44.1 Å². The van der Waals surface area contributed by atoms with Gasteiger partial charge in [-0.15, -0.1) is 0 Å². The second-order valence-corrected chi connectivity index (χ2v) is 15.3. The van der Waals surface area contributed by atoms with Gasteiger partial charge < -0.3 is 19.5 Å². The third kappa shape index (κ3) is 8.84. The Balaban J connectivity index is 0.000000239. The number of H-pyrrole nitrogens is 1. The number of amides is 1. The van der Waals surface area contributed by atoms with Crippen LogP contribution in [0.15, 0.2) is 65.7 Å². The lowest BCUT2D eigenvalue weighted by Crippen LogP contribution is -2.50. The van der Waals surface area contributed by atoms with Crippen molar-refractivity contribution in [3.63, 3.8) is 0 Å². The molecule has 0 bridgehead atoms. The summed E-state index contributed by atoms with van der Waals surface area (Å²) in [5.74, 6) is -0.392. The molecule has 15 heteroatoms. The highest BCUT2D eigenvalue weighted by Crippen LogP contribution is 2.49. The van der Waals surface area contributed by atoms with E-state index in [4.69, 9.17) is 19.2 Å². The topological polar surface area (TPSA) is 159 Å². The van der Waals surface area contributed by atoms with Gasteiger partial charge in [0.05, 0.1) is 48.5 Å². The Morgan fingerprint density at radius 2 is 1.58 bits per heavy atom. The number of halogens is 2. The first-order chi connectivity index (χ1) is 26.2. The highest BCUT2D eigenvalue weighted by atomic mass is 79.9. The Labute approximate surface area is 327 Å². The smallest absolute Gasteiger partial charge is 0.308 e. The van der Waals surface area contributed by atoms with E-state index in [1.54, 1.807) is 26.5 Å². The molecule has 7 rings (SSSR count). The largest absolute Gasteiger partial charge is 0.469 e. The number of carbonyl (C=O) groups excluding carboxylic acids is 2. The maximum absolute atomic E-state index is 13.2. The Hall–Kier alpha value is -4.86. The minimum absolute atomic E-state index is 0.0294. The summed E-state index contributed by atoms with van der Waals surface area (Å²) in [4.78, 5) is 38.2. The van der Waals surface area contributed by atoms with Gasteiger partial charge in [-0.05, 0) is 122 Å². The second kappa shape index (κ2) is 16.5. The Morgan fingerprint density at radius 3 is 2.13 bits per heavy atom. The lowest BCUT2D eigenvalue weighted by atomic mass is 9.68. The Kier molecular flexibility index (Phi) is 11.9. The number of esters is 1. The van der Waals surface area contributed by atoms with Gasteiger partial charge >= 0.3 is 5.97 Å². The number of hydrogen-bond acceptors (Lipinski definition) is 10. The van der Waals surface area contributed by atoms with E-state index < -0.39 is 17.0 Å². The first-order valence-electron chi connectivity index (χ1n) is 18.0. The maximum atomic E-state index is 13.2. The molecule has 290 valence electrons. The molecule has 5 aromatic heterocycles. The molecular weight excluding hydrogens is 771 g/mol. The van der Waals surface area contributed by atoms with Crippen LogP contribution >= 0.6 is 15.9 Å². The van der Waals surface area contributed by atoms with Crippen LogP contribution in [0.1, 0.15) is 83.8 Å². The molecule has 0 aromatic carbocycles. The summed E-state index contributed by atoms with van der Waals surface area (Å²) in [7, 11) is 4.75. The van der Waals surface area contributed by atoms with E-state index in [1.807, 2.05) is 58.0 Å². The maximum Gasteiger partial charge on any atom is 0.308 e. The third-order valence-electron chi connectivity index (χ3n) is 10.4. The standard InChI is InChI=1S/C27H30FN7O2.C13H16BrNO3/c1-16-7-22(10-23-9-17(2)33-34-23)32-24(8-16)27(37-4)11-20(12-27)26(36)31-18(3)19-5-6-25(29-13-19)35-15-21(28)14-30-35;1-8-4-10(15-11(14)5-8)13(18-3)6-9(7-13)12(16)17-2/h5-9,13-15,18,20H,10-12H2,1-4H3,(H,31,36)(H,33,34);4-5,9H,6-7H2,1-3H3/t18-,20?,27?;/m0./s1. The Morgan fingerprint density at radius 1 is 0.927 bits per heavy atom. The predicted molar refractivity (Wildman–Crippen MR) is 204 cm³/mol. The number of aryl methyl sites for hydroxylation is 3. The average molecular weight is 818 g/mol. The van der Waals surface area contributed by atoms with Crippen LogP contribution in [0.5, 0.6) is 0 Å². The third-order valence-corrected chi connectivity index (χ3v) is 10.8. The van der Waals surface area contributed by atoms with Crippen LogP contribution < -0.4 is 5.32 Å². The molecule has 0 spiro atoms. The second-order valence-electron chi connectivity index (χ2n) is 14.5. The quantitative estimate of drug-likeness (QED) is 0.112. The van der Waals surface area contributed by atoms with Crippen LogP contribution in [0.3, 0.4) is 0 Å². The summed E-state index contributed by atoms with van der Waals surface area (Å²) in [6, 6.07) is 13.4. The van der Waals surface area contributed by atoms with Crippen LogP contribution in [-0.2, 0) is 41.4 Å². The molecule has 0 saturated heterocycles. The number of aromatic amines is 1. The number of aromatic nitrogens is 7. The molecule has 0 unspecified atom stereocenters. The molecular formula is C40H46BrFN8O5. The van der Waals surface area contributed by atoms with Gasteiger partial charge in [-0.3, -0.25) is 19.7 Å². The molecule has 55 heavy (non-hydrogen) atoms. The molecule has 2 aliphatic carbocycles. The van der Waals surface area contributed by atoms with Gasteiger partial charge in [-0.2, -0.15) is 10.2 Å². The van der Waals surface area contributed by atoms with Crippen molar-refractivity contribution in [2.45, 2.75) is 77.0 Å². The van der Waals surface area contributed by atoms with Crippen molar-refractivity contribution in [2.75, 3.05) is 21.3 Å². The van der Waals surface area contributed by atoms with Gasteiger partial charge in [0.15, 0.2) is 11.6 Å². The van der Waals surface area contributed by atoms with Crippen molar-refractivity contribution in [1.29, 1.82) is 0 Å². The highest BCUT2D eigenvalue weighted by Gasteiger charge is 2.51. The molecule has 0 aliphatic heterocycles. The van der Waals surface area contributed by atoms with E-state index in [0.717, 1.165) is 56.0 Å². The zero-order chi connectivity index (χ0) is 39.5. The number of hydrogen-bond donors (Lipinski definition) is 2. The lowest BCUT2D eigenvalue weighted by molar-refractivity contribution is -0.168. The normalized spacial score (nSPS) is 22.1. The Bertz CT molecular complexity index is 2120. The zero-order valence-corrected chi connectivity index (χ0v) is 33.6.